The van der Waals surface area contributed by atoms with Crippen molar-refractivity contribution in [2.24, 2.45) is 11.7 Å². The quantitative estimate of drug-likeness (QED) is 0.727. The van der Waals surface area contributed by atoms with E-state index in [4.69, 9.17) is 5.73 Å². The van der Waals surface area contributed by atoms with Gasteiger partial charge in [0.15, 0.2) is 0 Å². The molecular weight excluding hydrogens is 150 g/mol. The second-order valence-electron chi connectivity index (χ2n) is 3.51. The van der Waals surface area contributed by atoms with E-state index in [0.29, 0.717) is 6.54 Å². The zero-order valence-electron chi connectivity index (χ0n) is 7.24. The predicted molar refractivity (Wildman–Crippen MR) is 47.5 cm³/mol. The molecule has 1 saturated carbocycles. The molecule has 0 saturated heterocycles. The van der Waals surface area contributed by atoms with Gasteiger partial charge in [0.05, 0.1) is 12.0 Å². The first-order valence-corrected chi connectivity index (χ1v) is 4.59. The SMILES string of the molecule is NCc1cncn1CCC1CC1. The van der Waals surface area contributed by atoms with Crippen molar-refractivity contribution in [3.63, 3.8) is 0 Å². The lowest BCUT2D eigenvalue weighted by atomic mass is 10.3. The number of nitrogens with zero attached hydrogens (tertiary/aromatic N) is 2. The Morgan fingerprint density at radius 3 is 3.08 bits per heavy atom. The molecule has 2 N–H and O–H groups in total. The maximum atomic E-state index is 5.56. The molecule has 3 nitrogen and oxygen atoms in total. The zero-order chi connectivity index (χ0) is 8.39. The van der Waals surface area contributed by atoms with Gasteiger partial charge in [0, 0.05) is 19.3 Å². The third-order valence-electron chi connectivity index (χ3n) is 2.48. The molecule has 0 bridgehead atoms. The van der Waals surface area contributed by atoms with Gasteiger partial charge in [0.1, 0.15) is 0 Å². The summed E-state index contributed by atoms with van der Waals surface area (Å²) in [5.74, 6) is 0.984. The Bertz CT molecular complexity index is 250. The van der Waals surface area contributed by atoms with Crippen LogP contribution in [0.25, 0.3) is 0 Å². The molecule has 0 aromatic carbocycles. The van der Waals surface area contributed by atoms with Crippen molar-refractivity contribution in [1.82, 2.24) is 9.55 Å². The minimum atomic E-state index is 0.602. The smallest absolute Gasteiger partial charge is 0.0948 e. The Hall–Kier alpha value is -0.830. The summed E-state index contributed by atoms with van der Waals surface area (Å²) in [6.45, 7) is 1.70. The summed E-state index contributed by atoms with van der Waals surface area (Å²) in [4.78, 5) is 4.07. The minimum absolute atomic E-state index is 0.602. The molecule has 0 unspecified atom stereocenters. The van der Waals surface area contributed by atoms with Gasteiger partial charge < -0.3 is 10.3 Å². The van der Waals surface area contributed by atoms with Crippen molar-refractivity contribution in [2.45, 2.75) is 32.4 Å². The van der Waals surface area contributed by atoms with E-state index in [1.807, 2.05) is 12.5 Å². The number of nitrogens with two attached hydrogens (primary N) is 1. The standard InChI is InChI=1S/C9H15N3/c10-5-9-6-11-7-12(9)4-3-8-1-2-8/h6-8H,1-5,10H2. The van der Waals surface area contributed by atoms with E-state index < -0.39 is 0 Å². The first-order valence-electron chi connectivity index (χ1n) is 4.59. The molecule has 0 atom stereocenters. The summed E-state index contributed by atoms with van der Waals surface area (Å²) < 4.78 is 2.16. The van der Waals surface area contributed by atoms with Crippen molar-refractivity contribution in [3.05, 3.63) is 18.2 Å². The maximum absolute atomic E-state index is 5.56. The number of aryl methyl sites for hydroxylation is 1. The van der Waals surface area contributed by atoms with Crippen molar-refractivity contribution in [3.8, 4) is 0 Å². The number of hydrogen-bond donors (Lipinski definition) is 1. The molecule has 3 heteroatoms. The van der Waals surface area contributed by atoms with Crippen molar-refractivity contribution < 1.29 is 0 Å². The Morgan fingerprint density at radius 2 is 2.42 bits per heavy atom. The predicted octanol–water partition coefficient (Wildman–Crippen LogP) is 1.14. The number of rotatable bonds is 4. The van der Waals surface area contributed by atoms with Crippen molar-refractivity contribution in [2.75, 3.05) is 0 Å². The third kappa shape index (κ3) is 1.67. The molecule has 0 amide bonds. The number of aromatic nitrogens is 2. The number of hydrogen-bond acceptors (Lipinski definition) is 2. The van der Waals surface area contributed by atoms with Crippen LogP contribution in [0.1, 0.15) is 25.0 Å². The normalized spacial score (nSPS) is 16.8. The van der Waals surface area contributed by atoms with Crippen LogP contribution in [0.4, 0.5) is 0 Å². The van der Waals surface area contributed by atoms with Gasteiger partial charge in [-0.3, -0.25) is 0 Å². The first-order chi connectivity index (χ1) is 5.90. The second kappa shape index (κ2) is 3.27. The van der Waals surface area contributed by atoms with Crippen LogP contribution >= 0.6 is 0 Å². The highest BCUT2D eigenvalue weighted by molar-refractivity contribution is 4.97. The van der Waals surface area contributed by atoms with Gasteiger partial charge in [0.25, 0.3) is 0 Å². The van der Waals surface area contributed by atoms with Crippen LogP contribution in [0.5, 0.6) is 0 Å². The summed E-state index contributed by atoms with van der Waals surface area (Å²) in [6, 6.07) is 0. The van der Waals surface area contributed by atoms with Gasteiger partial charge in [-0.05, 0) is 12.3 Å². The average molecular weight is 165 g/mol. The fraction of sp³-hybridized carbons (Fsp3) is 0.667. The van der Waals surface area contributed by atoms with E-state index in [1.54, 1.807) is 0 Å². The molecule has 66 valence electrons. The summed E-state index contributed by atoms with van der Waals surface area (Å²) in [7, 11) is 0. The van der Waals surface area contributed by atoms with E-state index >= 15 is 0 Å². The molecule has 1 fully saturated rings. The molecule has 1 aliphatic rings. The molecule has 1 heterocycles. The molecule has 1 aromatic rings. The molecule has 1 aromatic heterocycles. The molecule has 0 spiro atoms. The molecule has 12 heavy (non-hydrogen) atoms. The highest BCUT2D eigenvalue weighted by Gasteiger charge is 2.20. The number of imidazole rings is 1. The summed E-state index contributed by atoms with van der Waals surface area (Å²) in [6.07, 6.45) is 7.88. The molecule has 2 rings (SSSR count). The van der Waals surface area contributed by atoms with E-state index in [-0.39, 0.29) is 0 Å². The van der Waals surface area contributed by atoms with Crippen LogP contribution in [0.3, 0.4) is 0 Å². The fourth-order valence-corrected chi connectivity index (χ4v) is 1.45. The maximum Gasteiger partial charge on any atom is 0.0948 e. The lowest BCUT2D eigenvalue weighted by Crippen LogP contribution is -2.06. The van der Waals surface area contributed by atoms with Crippen molar-refractivity contribution in [1.29, 1.82) is 0 Å². The third-order valence-corrected chi connectivity index (χ3v) is 2.48. The Kier molecular flexibility index (Phi) is 2.13. The van der Waals surface area contributed by atoms with Crippen LogP contribution in [0.2, 0.25) is 0 Å². The molecule has 0 radical (unpaired) electrons. The van der Waals surface area contributed by atoms with Gasteiger partial charge in [-0.1, -0.05) is 12.8 Å². The summed E-state index contributed by atoms with van der Waals surface area (Å²) >= 11 is 0. The van der Waals surface area contributed by atoms with E-state index in [2.05, 4.69) is 9.55 Å². The van der Waals surface area contributed by atoms with E-state index in [9.17, 15) is 0 Å². The highest BCUT2D eigenvalue weighted by atomic mass is 15.0. The van der Waals surface area contributed by atoms with Gasteiger partial charge in [-0.15, -0.1) is 0 Å². The Labute approximate surface area is 72.6 Å². The van der Waals surface area contributed by atoms with Crippen molar-refractivity contribution >= 4 is 0 Å². The molecule has 0 aliphatic heterocycles. The lowest BCUT2D eigenvalue weighted by molar-refractivity contribution is 0.578. The van der Waals surface area contributed by atoms with Crippen LogP contribution in [0, 0.1) is 5.92 Å². The first kappa shape index (κ1) is 7.80. The van der Waals surface area contributed by atoms with E-state index in [0.717, 1.165) is 18.2 Å². The Balaban J connectivity index is 1.91. The van der Waals surface area contributed by atoms with Gasteiger partial charge in [-0.25, -0.2) is 4.98 Å². The van der Waals surface area contributed by atoms with Crippen LogP contribution in [0.15, 0.2) is 12.5 Å². The fourth-order valence-electron chi connectivity index (χ4n) is 1.45. The molecular formula is C9H15N3. The van der Waals surface area contributed by atoms with Gasteiger partial charge in [-0.2, -0.15) is 0 Å². The zero-order valence-corrected chi connectivity index (χ0v) is 7.24. The van der Waals surface area contributed by atoms with Crippen LogP contribution in [-0.2, 0) is 13.1 Å². The highest BCUT2D eigenvalue weighted by Crippen LogP contribution is 2.32. The average Bonchev–Trinajstić information content (AvgIpc) is 2.81. The topological polar surface area (TPSA) is 43.8 Å². The van der Waals surface area contributed by atoms with Crippen LogP contribution < -0.4 is 5.73 Å². The molecule has 1 aliphatic carbocycles. The monoisotopic (exact) mass is 165 g/mol. The second-order valence-corrected chi connectivity index (χ2v) is 3.51. The van der Waals surface area contributed by atoms with Gasteiger partial charge >= 0.3 is 0 Å². The summed E-state index contributed by atoms with van der Waals surface area (Å²) in [5, 5.41) is 0. The summed E-state index contributed by atoms with van der Waals surface area (Å²) in [5.41, 5.74) is 6.71. The Morgan fingerprint density at radius 1 is 1.58 bits per heavy atom. The van der Waals surface area contributed by atoms with Gasteiger partial charge in [0.2, 0.25) is 0 Å². The lowest BCUT2D eigenvalue weighted by Gasteiger charge is -2.04. The van der Waals surface area contributed by atoms with Crippen LogP contribution in [-0.4, -0.2) is 9.55 Å². The minimum Gasteiger partial charge on any atom is -0.333 e. The van der Waals surface area contributed by atoms with E-state index in [1.165, 1.54) is 19.3 Å². The largest absolute Gasteiger partial charge is 0.333 e.